The van der Waals surface area contributed by atoms with Crippen LogP contribution in [-0.4, -0.2) is 9.35 Å². The molecule has 0 aliphatic carbocycles. The highest BCUT2D eigenvalue weighted by atomic mass is 15.5. The van der Waals surface area contributed by atoms with Crippen LogP contribution in [0.5, 0.6) is 0 Å². The van der Waals surface area contributed by atoms with Crippen LogP contribution in [-0.2, 0) is 10.8 Å². The number of aromatic nitrogens is 2. The lowest BCUT2D eigenvalue weighted by Crippen LogP contribution is -2.12. The summed E-state index contributed by atoms with van der Waals surface area (Å²) in [7, 11) is 0. The van der Waals surface area contributed by atoms with Gasteiger partial charge in [-0.15, -0.1) is 0 Å². The summed E-state index contributed by atoms with van der Waals surface area (Å²) < 4.78 is 4.83. The first-order valence-electron chi connectivity index (χ1n) is 12.2. The van der Waals surface area contributed by atoms with Gasteiger partial charge in [0.25, 0.3) is 0 Å². The van der Waals surface area contributed by atoms with Crippen molar-refractivity contribution in [3.63, 3.8) is 0 Å². The first-order chi connectivity index (χ1) is 16.1. The molecule has 0 aliphatic heterocycles. The summed E-state index contributed by atoms with van der Waals surface area (Å²) in [5.74, 6) is 0. The largest absolute Gasteiger partial charge is 0.248 e. The van der Waals surface area contributed by atoms with Gasteiger partial charge in [-0.25, -0.2) is 9.35 Å². The van der Waals surface area contributed by atoms with Gasteiger partial charge >= 0.3 is 0 Å². The zero-order chi connectivity index (χ0) is 23.8. The lowest BCUT2D eigenvalue weighted by atomic mass is 9.86. The molecule has 2 nitrogen and oxygen atoms in total. The minimum absolute atomic E-state index is 0.105. The zero-order valence-electron chi connectivity index (χ0n) is 21.0. The van der Waals surface area contributed by atoms with Crippen molar-refractivity contribution in [3.05, 3.63) is 96.1 Å². The summed E-state index contributed by atoms with van der Waals surface area (Å²) in [6.07, 6.45) is 0. The number of hydrogen-bond donors (Lipinski definition) is 0. The molecule has 6 aromatic rings. The Morgan fingerprint density at radius 1 is 0.412 bits per heavy atom. The second-order valence-corrected chi connectivity index (χ2v) is 11.6. The van der Waals surface area contributed by atoms with E-state index in [0.717, 1.165) is 0 Å². The maximum Gasteiger partial charge on any atom is 0.0716 e. The highest BCUT2D eigenvalue weighted by molar-refractivity contribution is 6.12. The van der Waals surface area contributed by atoms with Crippen LogP contribution in [0.25, 0.3) is 43.6 Å². The Morgan fingerprint density at radius 3 is 1.15 bits per heavy atom. The second kappa shape index (κ2) is 6.99. The average Bonchev–Trinajstić information content (AvgIpc) is 3.29. The van der Waals surface area contributed by atoms with Crippen molar-refractivity contribution < 1.29 is 0 Å². The highest BCUT2D eigenvalue weighted by Crippen LogP contribution is 2.38. The quantitative estimate of drug-likeness (QED) is 0.240. The van der Waals surface area contributed by atoms with E-state index in [9.17, 15) is 0 Å². The van der Waals surface area contributed by atoms with Crippen molar-refractivity contribution in [2.75, 3.05) is 0 Å². The van der Waals surface area contributed by atoms with E-state index in [1.807, 2.05) is 0 Å². The van der Waals surface area contributed by atoms with Crippen molar-refractivity contribution >= 4 is 43.6 Å². The topological polar surface area (TPSA) is 9.86 Å². The van der Waals surface area contributed by atoms with Crippen LogP contribution in [0.15, 0.2) is 84.9 Å². The van der Waals surface area contributed by atoms with Gasteiger partial charge in [0.1, 0.15) is 0 Å². The SMILES string of the molecule is CC(C)(C)c1ccc2c(c1)c1ccccc1n2-n1c2ccccc2c2cc(C(C)(C)C)ccc21. The Kier molecular flexibility index (Phi) is 4.33. The van der Waals surface area contributed by atoms with E-state index in [1.54, 1.807) is 0 Å². The molecule has 0 fully saturated rings. The van der Waals surface area contributed by atoms with Crippen LogP contribution < -0.4 is 0 Å². The molecule has 0 aliphatic rings. The van der Waals surface area contributed by atoms with Crippen molar-refractivity contribution in [3.8, 4) is 0 Å². The summed E-state index contributed by atoms with van der Waals surface area (Å²) in [6.45, 7) is 13.7. The molecule has 0 saturated heterocycles. The van der Waals surface area contributed by atoms with E-state index in [1.165, 1.54) is 54.7 Å². The van der Waals surface area contributed by atoms with Crippen molar-refractivity contribution in [1.29, 1.82) is 0 Å². The third-order valence-electron chi connectivity index (χ3n) is 7.23. The molecule has 34 heavy (non-hydrogen) atoms. The minimum atomic E-state index is 0.105. The van der Waals surface area contributed by atoms with Gasteiger partial charge in [0, 0.05) is 21.5 Å². The molecule has 0 bridgehead atoms. The normalized spacial score (nSPS) is 13.0. The van der Waals surface area contributed by atoms with Crippen molar-refractivity contribution in [1.82, 2.24) is 9.35 Å². The molecule has 4 aromatic carbocycles. The lowest BCUT2D eigenvalue weighted by molar-refractivity contribution is 0.590. The van der Waals surface area contributed by atoms with E-state index in [4.69, 9.17) is 0 Å². The highest BCUT2D eigenvalue weighted by Gasteiger charge is 2.21. The molecule has 0 N–H and O–H groups in total. The summed E-state index contributed by atoms with van der Waals surface area (Å²) in [4.78, 5) is 0. The van der Waals surface area contributed by atoms with Crippen LogP contribution >= 0.6 is 0 Å². The number of nitrogens with zero attached hydrogens (tertiary/aromatic N) is 2. The second-order valence-electron chi connectivity index (χ2n) is 11.6. The molecule has 0 unspecified atom stereocenters. The summed E-state index contributed by atoms with van der Waals surface area (Å²) >= 11 is 0. The van der Waals surface area contributed by atoms with E-state index < -0.39 is 0 Å². The summed E-state index contributed by atoms with van der Waals surface area (Å²) in [5, 5.41) is 5.20. The first-order valence-corrected chi connectivity index (χ1v) is 12.2. The molecule has 170 valence electrons. The fraction of sp³-hybridized carbons (Fsp3) is 0.250. The third-order valence-corrected chi connectivity index (χ3v) is 7.23. The molecular weight excluding hydrogens is 412 g/mol. The Balaban J connectivity index is 1.78. The molecule has 2 heterocycles. The Labute approximate surface area is 201 Å². The molecule has 0 atom stereocenters. The van der Waals surface area contributed by atoms with E-state index in [0.29, 0.717) is 0 Å². The predicted molar refractivity (Wildman–Crippen MR) is 147 cm³/mol. The zero-order valence-corrected chi connectivity index (χ0v) is 21.0. The number of hydrogen-bond acceptors (Lipinski definition) is 0. The van der Waals surface area contributed by atoms with Crippen LogP contribution in [0.4, 0.5) is 0 Å². The average molecular weight is 445 g/mol. The molecule has 2 aromatic heterocycles. The molecule has 6 rings (SSSR count). The standard InChI is InChI=1S/C32H32N2/c1-31(2,3)21-15-17-29-25(19-21)23-11-7-9-13-27(23)33(29)34-28-14-10-8-12-24(28)26-20-22(32(4,5)6)16-18-30(26)34/h7-20H,1-6H3. The fourth-order valence-corrected chi connectivity index (χ4v) is 5.27. The van der Waals surface area contributed by atoms with Gasteiger partial charge in [0.05, 0.1) is 22.1 Å². The van der Waals surface area contributed by atoms with Gasteiger partial charge in [0.15, 0.2) is 0 Å². The molecule has 0 spiro atoms. The molecule has 0 saturated carbocycles. The van der Waals surface area contributed by atoms with Gasteiger partial charge in [-0.05, 0) is 58.4 Å². The molecule has 0 amide bonds. The number of benzene rings is 4. The first kappa shape index (κ1) is 21.0. The third kappa shape index (κ3) is 3.01. The predicted octanol–water partition coefficient (Wildman–Crippen LogP) is 8.81. The summed E-state index contributed by atoms with van der Waals surface area (Å²) in [5.41, 5.74) is 7.85. The maximum absolute atomic E-state index is 2.42. The van der Waals surface area contributed by atoms with Gasteiger partial charge in [0.2, 0.25) is 0 Å². The lowest BCUT2D eigenvalue weighted by Gasteiger charge is -2.20. The van der Waals surface area contributed by atoms with Gasteiger partial charge in [-0.1, -0.05) is 90.1 Å². The van der Waals surface area contributed by atoms with E-state index in [2.05, 4.69) is 136 Å². The Bertz CT molecular complexity index is 1580. The van der Waals surface area contributed by atoms with Gasteiger partial charge in [-0.2, -0.15) is 0 Å². The molecule has 2 heteroatoms. The monoisotopic (exact) mass is 444 g/mol. The maximum atomic E-state index is 2.42. The van der Waals surface area contributed by atoms with Gasteiger partial charge in [-0.3, -0.25) is 0 Å². The van der Waals surface area contributed by atoms with E-state index >= 15 is 0 Å². The van der Waals surface area contributed by atoms with Crippen LogP contribution in [0.1, 0.15) is 52.7 Å². The van der Waals surface area contributed by atoms with E-state index in [-0.39, 0.29) is 10.8 Å². The smallest absolute Gasteiger partial charge is 0.0716 e. The molecule has 0 radical (unpaired) electrons. The van der Waals surface area contributed by atoms with Crippen LogP contribution in [0.2, 0.25) is 0 Å². The van der Waals surface area contributed by atoms with Crippen LogP contribution in [0, 0.1) is 0 Å². The van der Waals surface area contributed by atoms with Crippen molar-refractivity contribution in [2.24, 2.45) is 0 Å². The van der Waals surface area contributed by atoms with Gasteiger partial charge < -0.3 is 0 Å². The summed E-state index contributed by atoms with van der Waals surface area (Å²) in [6, 6.07) is 31.6. The minimum Gasteiger partial charge on any atom is -0.248 e. The number of para-hydroxylation sites is 2. The number of rotatable bonds is 1. The molecular formula is C32H32N2. The number of fused-ring (bicyclic) bond motifs is 6. The Morgan fingerprint density at radius 2 is 0.765 bits per heavy atom. The van der Waals surface area contributed by atoms with Crippen LogP contribution in [0.3, 0.4) is 0 Å². The fourth-order valence-electron chi connectivity index (χ4n) is 5.27. The van der Waals surface area contributed by atoms with Crippen molar-refractivity contribution in [2.45, 2.75) is 52.4 Å². The Hall–Kier alpha value is -3.52.